The number of hydrogen-bond acceptors (Lipinski definition) is 7. The van der Waals surface area contributed by atoms with E-state index in [1.165, 1.54) is 6.07 Å². The summed E-state index contributed by atoms with van der Waals surface area (Å²) in [5.74, 6) is -2.78. The van der Waals surface area contributed by atoms with Crippen molar-refractivity contribution in [2.24, 2.45) is 5.73 Å². The summed E-state index contributed by atoms with van der Waals surface area (Å²) in [6.07, 6.45) is 0.148. The number of ether oxygens (including phenoxy) is 1. The zero-order valence-electron chi connectivity index (χ0n) is 20.9. The van der Waals surface area contributed by atoms with E-state index >= 15 is 0 Å². The van der Waals surface area contributed by atoms with Gasteiger partial charge in [-0.3, -0.25) is 19.8 Å². The molecule has 1 aliphatic rings. The van der Waals surface area contributed by atoms with E-state index in [2.05, 4.69) is 15.6 Å². The van der Waals surface area contributed by atoms with Crippen LogP contribution in [0, 0.1) is 11.2 Å². The van der Waals surface area contributed by atoms with Crippen LogP contribution in [0.1, 0.15) is 40.5 Å². The molecule has 38 heavy (non-hydrogen) atoms. The average Bonchev–Trinajstić information content (AvgIpc) is 3.45. The van der Waals surface area contributed by atoms with Gasteiger partial charge in [0, 0.05) is 30.1 Å². The van der Waals surface area contributed by atoms with Crippen LogP contribution in [0.3, 0.4) is 0 Å². The number of nitrogens with two attached hydrogens (primary N) is 1. The zero-order valence-corrected chi connectivity index (χ0v) is 20.9. The normalized spacial score (nSPS) is 18.2. The molecule has 3 atom stereocenters. The number of benzene rings is 2. The molecule has 1 fully saturated rings. The molecule has 2 aromatic carbocycles. The summed E-state index contributed by atoms with van der Waals surface area (Å²) in [5.41, 5.74) is 7.20. The summed E-state index contributed by atoms with van der Waals surface area (Å²) in [6, 6.07) is 12.4. The largest absolute Gasteiger partial charge is 0.467 e. The lowest BCUT2D eigenvalue weighted by Crippen LogP contribution is -2.49. The van der Waals surface area contributed by atoms with Crippen molar-refractivity contribution in [3.63, 3.8) is 0 Å². The number of nitrogen functional groups attached to an aromatic ring is 1. The van der Waals surface area contributed by atoms with Crippen molar-refractivity contribution in [3.05, 3.63) is 71.2 Å². The fourth-order valence-corrected chi connectivity index (χ4v) is 4.43. The van der Waals surface area contributed by atoms with Crippen LogP contribution in [0.4, 0.5) is 4.39 Å². The minimum atomic E-state index is -1.23. The molecule has 0 radical (unpaired) electrons. The SMILES string of the molecule is COC(=O)C(CNC(=O)CC1CC(c2ccc(C(=N)N)cc2)N(C)O1)NC(=O)c1[nH]c2ccccc2c1F. The number of hydrogen-bond donors (Lipinski definition) is 5. The number of nitrogens with one attached hydrogen (secondary N) is 4. The Morgan fingerprint density at radius 3 is 2.61 bits per heavy atom. The van der Waals surface area contributed by atoms with Gasteiger partial charge in [-0.25, -0.2) is 9.18 Å². The molecule has 0 spiro atoms. The van der Waals surface area contributed by atoms with Crippen LogP contribution in [0.25, 0.3) is 10.9 Å². The summed E-state index contributed by atoms with van der Waals surface area (Å²) < 4.78 is 19.4. The third-order valence-electron chi connectivity index (χ3n) is 6.42. The number of aromatic nitrogens is 1. The lowest BCUT2D eigenvalue weighted by atomic mass is 9.99. The minimum absolute atomic E-state index is 0.0185. The highest BCUT2D eigenvalue weighted by molar-refractivity contribution is 6.00. The Labute approximate surface area is 217 Å². The molecule has 11 nitrogen and oxygen atoms in total. The molecule has 3 unspecified atom stereocenters. The highest BCUT2D eigenvalue weighted by Gasteiger charge is 2.34. The zero-order chi connectivity index (χ0) is 27.4. The van der Waals surface area contributed by atoms with Crippen LogP contribution >= 0.6 is 0 Å². The number of esters is 1. The Morgan fingerprint density at radius 2 is 1.95 bits per heavy atom. The van der Waals surface area contributed by atoms with Crippen molar-refractivity contribution in [2.75, 3.05) is 20.7 Å². The van der Waals surface area contributed by atoms with E-state index in [4.69, 9.17) is 20.7 Å². The van der Waals surface area contributed by atoms with Gasteiger partial charge >= 0.3 is 5.97 Å². The number of H-pyrrole nitrogens is 1. The number of methoxy groups -OCH3 is 1. The van der Waals surface area contributed by atoms with Crippen LogP contribution in [-0.4, -0.2) is 66.5 Å². The van der Waals surface area contributed by atoms with Crippen molar-refractivity contribution < 1.29 is 28.3 Å². The molecular formula is C26H29FN6O5. The number of nitrogens with zero attached hydrogens (tertiary/aromatic N) is 1. The Bertz CT molecular complexity index is 1360. The monoisotopic (exact) mass is 524 g/mol. The highest BCUT2D eigenvalue weighted by Crippen LogP contribution is 2.34. The second-order valence-electron chi connectivity index (χ2n) is 8.98. The van der Waals surface area contributed by atoms with Gasteiger partial charge in [-0.2, -0.15) is 5.06 Å². The lowest BCUT2D eigenvalue weighted by Gasteiger charge is -2.18. The van der Waals surface area contributed by atoms with Gasteiger partial charge in [-0.05, 0) is 24.1 Å². The van der Waals surface area contributed by atoms with Gasteiger partial charge in [0.2, 0.25) is 5.91 Å². The van der Waals surface area contributed by atoms with Crippen LogP contribution in [0.5, 0.6) is 0 Å². The number of hydroxylamine groups is 2. The molecule has 4 rings (SSSR count). The molecule has 1 aromatic heterocycles. The Morgan fingerprint density at radius 1 is 1.24 bits per heavy atom. The first-order chi connectivity index (χ1) is 18.2. The van der Waals surface area contributed by atoms with E-state index in [0.717, 1.165) is 12.7 Å². The molecule has 200 valence electrons. The summed E-state index contributed by atoms with van der Waals surface area (Å²) in [4.78, 5) is 46.1. The topological polar surface area (TPSA) is 163 Å². The maximum absolute atomic E-state index is 14.7. The fraction of sp³-hybridized carbons (Fsp3) is 0.308. The Balaban J connectivity index is 1.33. The smallest absolute Gasteiger partial charge is 0.330 e. The summed E-state index contributed by atoms with van der Waals surface area (Å²) >= 11 is 0. The fourth-order valence-electron chi connectivity index (χ4n) is 4.43. The predicted molar refractivity (Wildman–Crippen MR) is 137 cm³/mol. The van der Waals surface area contributed by atoms with Crippen molar-refractivity contribution >= 4 is 34.5 Å². The van der Waals surface area contributed by atoms with Gasteiger partial charge in [0.05, 0.1) is 25.7 Å². The summed E-state index contributed by atoms with van der Waals surface area (Å²) in [5, 5.41) is 14.5. The molecule has 0 saturated carbocycles. The third-order valence-corrected chi connectivity index (χ3v) is 6.42. The number of halogens is 1. The van der Waals surface area contributed by atoms with Crippen LogP contribution in [-0.2, 0) is 19.2 Å². The number of rotatable bonds is 9. The molecular weight excluding hydrogens is 495 g/mol. The number of fused-ring (bicyclic) bond motifs is 1. The van der Waals surface area contributed by atoms with E-state index in [1.807, 2.05) is 12.1 Å². The number of amidine groups is 1. The van der Waals surface area contributed by atoms with E-state index in [-0.39, 0.29) is 35.9 Å². The van der Waals surface area contributed by atoms with Gasteiger partial charge < -0.3 is 26.1 Å². The van der Waals surface area contributed by atoms with Crippen LogP contribution in [0.2, 0.25) is 0 Å². The molecule has 6 N–H and O–H groups in total. The van der Waals surface area contributed by atoms with Gasteiger partial charge in [0.1, 0.15) is 17.6 Å². The van der Waals surface area contributed by atoms with Gasteiger partial charge in [0.15, 0.2) is 5.82 Å². The van der Waals surface area contributed by atoms with E-state index in [0.29, 0.717) is 17.5 Å². The Kier molecular flexibility index (Phi) is 8.03. The van der Waals surface area contributed by atoms with Crippen LogP contribution < -0.4 is 16.4 Å². The average molecular weight is 525 g/mol. The number of para-hydroxylation sites is 1. The summed E-state index contributed by atoms with van der Waals surface area (Å²) in [7, 11) is 2.92. The first-order valence-corrected chi connectivity index (χ1v) is 11.9. The van der Waals surface area contributed by atoms with E-state index < -0.39 is 35.7 Å². The molecule has 0 aliphatic carbocycles. The maximum atomic E-state index is 14.7. The molecule has 3 aromatic rings. The number of carbonyl (C=O) groups is 3. The van der Waals surface area contributed by atoms with E-state index in [1.54, 1.807) is 42.4 Å². The van der Waals surface area contributed by atoms with Crippen LogP contribution in [0.15, 0.2) is 48.5 Å². The molecule has 1 aliphatic heterocycles. The third kappa shape index (κ3) is 5.82. The summed E-state index contributed by atoms with van der Waals surface area (Å²) in [6.45, 7) is -0.252. The lowest BCUT2D eigenvalue weighted by molar-refractivity contribution is -0.152. The number of aromatic amines is 1. The molecule has 12 heteroatoms. The van der Waals surface area contributed by atoms with E-state index in [9.17, 15) is 18.8 Å². The first kappa shape index (κ1) is 26.8. The van der Waals surface area contributed by atoms with Crippen molar-refractivity contribution in [1.82, 2.24) is 20.7 Å². The Hall–Kier alpha value is -4.29. The predicted octanol–water partition coefficient (Wildman–Crippen LogP) is 1.75. The molecule has 2 heterocycles. The minimum Gasteiger partial charge on any atom is -0.467 e. The molecule has 1 saturated heterocycles. The second-order valence-corrected chi connectivity index (χ2v) is 8.98. The highest BCUT2D eigenvalue weighted by atomic mass is 19.1. The van der Waals surface area contributed by atoms with Gasteiger partial charge in [-0.15, -0.1) is 0 Å². The van der Waals surface area contributed by atoms with Crippen molar-refractivity contribution in [2.45, 2.75) is 31.0 Å². The first-order valence-electron chi connectivity index (χ1n) is 11.9. The quantitative estimate of drug-likeness (QED) is 0.162. The number of amides is 2. The second kappa shape index (κ2) is 11.4. The van der Waals surface area contributed by atoms with Gasteiger partial charge in [-0.1, -0.05) is 36.4 Å². The van der Waals surface area contributed by atoms with Crippen molar-refractivity contribution in [3.8, 4) is 0 Å². The van der Waals surface area contributed by atoms with Gasteiger partial charge in [0.25, 0.3) is 5.91 Å². The standard InChI is InChI=1S/C26H29FN6O5/c1-33-20(14-7-9-15(10-8-14)24(28)29)11-16(38-33)12-21(34)30-13-19(26(36)37-2)32-25(35)23-22(27)17-5-3-4-6-18(17)31-23/h3-10,16,19-20,31H,11-13H2,1-2H3,(H3,28,29)(H,30,34)(H,32,35). The molecule has 0 bridgehead atoms. The number of carbonyl (C=O) groups excluding carboxylic acids is 3. The molecule has 2 amide bonds. The maximum Gasteiger partial charge on any atom is 0.330 e. The van der Waals surface area contributed by atoms with Crippen molar-refractivity contribution in [1.29, 1.82) is 5.41 Å².